The molecule has 0 aromatic carbocycles. The fourth-order valence-electron chi connectivity index (χ4n) is 2.00. The maximum absolute atomic E-state index is 12.0. The van der Waals surface area contributed by atoms with Crippen molar-refractivity contribution in [2.45, 2.75) is 51.9 Å². The van der Waals surface area contributed by atoms with E-state index in [1.54, 1.807) is 20.8 Å². The Labute approximate surface area is 143 Å². The number of carbonyl (C=O) groups excluding carboxylic acids is 1. The molecule has 3 N–H and O–H groups in total. The molecule has 0 spiro atoms. The summed E-state index contributed by atoms with van der Waals surface area (Å²) in [5.41, 5.74) is 3.94. The molecular formula is C15H21N3O7. The predicted molar refractivity (Wildman–Crippen MR) is 84.9 cm³/mol. The van der Waals surface area contributed by atoms with Gasteiger partial charge < -0.3 is 29.6 Å². The van der Waals surface area contributed by atoms with E-state index < -0.39 is 35.4 Å². The van der Waals surface area contributed by atoms with Gasteiger partial charge in [-0.05, 0) is 33.6 Å². The molecule has 10 nitrogen and oxygen atoms in total. The minimum absolute atomic E-state index is 0.316. The number of oxazole rings is 1. The summed E-state index contributed by atoms with van der Waals surface area (Å²) in [6, 6.07) is 0. The van der Waals surface area contributed by atoms with Crippen LogP contribution in [0, 0.1) is 0 Å². The van der Waals surface area contributed by atoms with Crippen molar-refractivity contribution in [3.05, 3.63) is 11.6 Å². The molecule has 0 aliphatic carbocycles. The highest BCUT2D eigenvalue weighted by atomic mass is 16.8. The first-order chi connectivity index (χ1) is 11.7. The molecule has 25 heavy (non-hydrogen) atoms. The quantitative estimate of drug-likeness (QED) is 0.456. The first-order valence-corrected chi connectivity index (χ1v) is 7.76. The average Bonchev–Trinajstić information content (AvgIpc) is 2.89. The fourth-order valence-corrected chi connectivity index (χ4v) is 2.00. The smallest absolute Gasteiger partial charge is 0.395 e. The minimum atomic E-state index is -1.44. The number of ether oxygens (including phenoxy) is 2. The SMILES string of the molecule is CC(C)(C)OC(=O)c1nc(/C(=N/OC2CCCCO2)C(=O)O)c(N)o1. The Bertz CT molecular complexity index is 669. The van der Waals surface area contributed by atoms with Gasteiger partial charge in [0.05, 0.1) is 6.61 Å². The Morgan fingerprint density at radius 2 is 2.08 bits per heavy atom. The number of esters is 1. The third-order valence-electron chi connectivity index (χ3n) is 3.05. The molecule has 1 unspecified atom stereocenters. The molecule has 2 heterocycles. The Morgan fingerprint density at radius 1 is 1.36 bits per heavy atom. The number of nitrogens with two attached hydrogens (primary N) is 1. The summed E-state index contributed by atoms with van der Waals surface area (Å²) in [7, 11) is 0. The van der Waals surface area contributed by atoms with E-state index in [2.05, 4.69) is 10.1 Å². The van der Waals surface area contributed by atoms with E-state index in [1.165, 1.54) is 0 Å². The standard InChI is InChI=1S/C15H21N3O7/c1-15(2,3)24-14(21)12-17-9(11(16)23-12)10(13(19)20)18-25-8-6-4-5-7-22-8/h8H,4-7,16H2,1-3H3,(H,19,20)/b18-10-. The van der Waals surface area contributed by atoms with Crippen molar-refractivity contribution in [2.75, 3.05) is 12.3 Å². The van der Waals surface area contributed by atoms with Gasteiger partial charge >= 0.3 is 17.8 Å². The zero-order chi connectivity index (χ0) is 18.6. The normalized spacial score (nSPS) is 18.7. The van der Waals surface area contributed by atoms with Gasteiger partial charge in [-0.3, -0.25) is 0 Å². The van der Waals surface area contributed by atoms with E-state index in [0.29, 0.717) is 13.0 Å². The molecule has 0 radical (unpaired) electrons. The molecule has 0 saturated carbocycles. The van der Waals surface area contributed by atoms with E-state index in [4.69, 9.17) is 24.5 Å². The first-order valence-electron chi connectivity index (χ1n) is 7.76. The van der Waals surface area contributed by atoms with Crippen LogP contribution >= 0.6 is 0 Å². The molecule has 1 saturated heterocycles. The summed E-state index contributed by atoms with van der Waals surface area (Å²) in [6.45, 7) is 5.51. The number of carboxylic acids is 1. The van der Waals surface area contributed by atoms with Crippen LogP contribution in [0.5, 0.6) is 0 Å². The summed E-state index contributed by atoms with van der Waals surface area (Å²) in [5.74, 6) is -3.15. The number of anilines is 1. The molecule has 2 rings (SSSR count). The van der Waals surface area contributed by atoms with Crippen molar-refractivity contribution in [2.24, 2.45) is 5.16 Å². The fraction of sp³-hybridized carbons (Fsp3) is 0.600. The van der Waals surface area contributed by atoms with Crippen LogP contribution in [0.2, 0.25) is 0 Å². The van der Waals surface area contributed by atoms with Crippen LogP contribution in [0.15, 0.2) is 9.57 Å². The lowest BCUT2D eigenvalue weighted by Crippen LogP contribution is -2.24. The van der Waals surface area contributed by atoms with Crippen molar-refractivity contribution in [3.63, 3.8) is 0 Å². The number of carboxylic acid groups (broad SMARTS) is 1. The lowest BCUT2D eigenvalue weighted by molar-refractivity contribution is -0.162. The van der Waals surface area contributed by atoms with E-state index in [-0.39, 0.29) is 11.6 Å². The number of rotatable bonds is 5. The topological polar surface area (TPSA) is 146 Å². The molecule has 1 aromatic rings. The molecule has 1 aliphatic rings. The second kappa shape index (κ2) is 7.51. The summed E-state index contributed by atoms with van der Waals surface area (Å²) >= 11 is 0. The van der Waals surface area contributed by atoms with Crippen LogP contribution < -0.4 is 5.73 Å². The number of oxime groups is 1. The van der Waals surface area contributed by atoms with Gasteiger partial charge in [0.25, 0.3) is 0 Å². The molecule has 1 aromatic heterocycles. The Kier molecular flexibility index (Phi) is 5.62. The van der Waals surface area contributed by atoms with E-state index in [1.807, 2.05) is 0 Å². The Morgan fingerprint density at radius 3 is 2.64 bits per heavy atom. The van der Waals surface area contributed by atoms with Crippen LogP contribution in [-0.4, -0.2) is 46.2 Å². The second-order valence-electron chi connectivity index (χ2n) is 6.38. The minimum Gasteiger partial charge on any atom is -0.476 e. The molecule has 1 aliphatic heterocycles. The highest BCUT2D eigenvalue weighted by Crippen LogP contribution is 2.19. The van der Waals surface area contributed by atoms with Gasteiger partial charge in [-0.2, -0.15) is 4.98 Å². The van der Waals surface area contributed by atoms with Crippen LogP contribution in [0.4, 0.5) is 5.88 Å². The molecule has 0 amide bonds. The van der Waals surface area contributed by atoms with Gasteiger partial charge in [0.1, 0.15) is 5.60 Å². The maximum atomic E-state index is 12.0. The Balaban J connectivity index is 2.20. The third-order valence-corrected chi connectivity index (χ3v) is 3.05. The van der Waals surface area contributed by atoms with Crippen molar-refractivity contribution in [1.82, 2.24) is 4.98 Å². The van der Waals surface area contributed by atoms with Crippen LogP contribution in [0.25, 0.3) is 0 Å². The Hall–Kier alpha value is -2.62. The second-order valence-corrected chi connectivity index (χ2v) is 6.38. The number of carbonyl (C=O) groups is 2. The number of aromatic nitrogens is 1. The van der Waals surface area contributed by atoms with Crippen LogP contribution in [0.3, 0.4) is 0 Å². The number of nitrogens with zero attached hydrogens (tertiary/aromatic N) is 2. The van der Waals surface area contributed by atoms with E-state index in [9.17, 15) is 14.7 Å². The molecule has 138 valence electrons. The van der Waals surface area contributed by atoms with Crippen molar-refractivity contribution < 1.29 is 33.4 Å². The van der Waals surface area contributed by atoms with Crippen molar-refractivity contribution >= 4 is 23.5 Å². The molecule has 0 bridgehead atoms. The zero-order valence-electron chi connectivity index (χ0n) is 14.3. The number of nitrogen functional groups attached to an aromatic ring is 1. The van der Waals surface area contributed by atoms with Crippen LogP contribution in [-0.2, 0) is 19.1 Å². The lowest BCUT2D eigenvalue weighted by Gasteiger charge is -2.20. The predicted octanol–water partition coefficient (Wildman–Crippen LogP) is 1.54. The van der Waals surface area contributed by atoms with Gasteiger partial charge in [-0.25, -0.2) is 9.59 Å². The summed E-state index contributed by atoms with van der Waals surface area (Å²) in [4.78, 5) is 32.3. The number of hydrogen-bond donors (Lipinski definition) is 2. The summed E-state index contributed by atoms with van der Waals surface area (Å²) in [5, 5.41) is 12.9. The summed E-state index contributed by atoms with van der Waals surface area (Å²) in [6.07, 6.45) is 1.75. The van der Waals surface area contributed by atoms with Crippen molar-refractivity contribution in [3.8, 4) is 0 Å². The maximum Gasteiger partial charge on any atom is 0.395 e. The highest BCUT2D eigenvalue weighted by molar-refractivity contribution is 6.42. The van der Waals surface area contributed by atoms with Gasteiger partial charge in [0, 0.05) is 6.42 Å². The van der Waals surface area contributed by atoms with Gasteiger partial charge in [-0.1, -0.05) is 5.16 Å². The van der Waals surface area contributed by atoms with Crippen molar-refractivity contribution in [1.29, 1.82) is 0 Å². The first kappa shape index (κ1) is 18.7. The average molecular weight is 355 g/mol. The van der Waals surface area contributed by atoms with E-state index in [0.717, 1.165) is 12.8 Å². The van der Waals surface area contributed by atoms with E-state index >= 15 is 0 Å². The van der Waals surface area contributed by atoms with Crippen LogP contribution in [0.1, 0.15) is 56.4 Å². The summed E-state index contributed by atoms with van der Waals surface area (Å²) < 4.78 is 15.4. The molecule has 10 heteroatoms. The number of aliphatic carboxylic acids is 1. The monoisotopic (exact) mass is 355 g/mol. The number of hydrogen-bond acceptors (Lipinski definition) is 9. The van der Waals surface area contributed by atoms with Gasteiger partial charge in [0.2, 0.25) is 17.9 Å². The zero-order valence-corrected chi connectivity index (χ0v) is 14.3. The molecule has 1 fully saturated rings. The molecular weight excluding hydrogens is 334 g/mol. The molecule has 1 atom stereocenters. The lowest BCUT2D eigenvalue weighted by atomic mass is 10.2. The largest absolute Gasteiger partial charge is 0.476 e. The highest BCUT2D eigenvalue weighted by Gasteiger charge is 2.29. The third kappa shape index (κ3) is 5.18. The van der Waals surface area contributed by atoms with Gasteiger partial charge in [-0.15, -0.1) is 0 Å². The van der Waals surface area contributed by atoms with Gasteiger partial charge in [0.15, 0.2) is 5.69 Å².